The van der Waals surface area contributed by atoms with Gasteiger partial charge in [0.2, 0.25) is 0 Å². The first-order valence-corrected chi connectivity index (χ1v) is 8.56. The van der Waals surface area contributed by atoms with E-state index in [1.54, 1.807) is 0 Å². The molecule has 1 heteroatoms. The molecule has 1 heterocycles. The highest BCUT2D eigenvalue weighted by atomic mass is 15.0. The molecule has 0 amide bonds. The van der Waals surface area contributed by atoms with E-state index < -0.39 is 0 Å². The van der Waals surface area contributed by atoms with Crippen LogP contribution in [0.2, 0.25) is 0 Å². The highest BCUT2D eigenvalue weighted by Crippen LogP contribution is 2.31. The molecule has 1 aromatic heterocycles. The SMILES string of the molecule is C(C#Cc1ccccc1)#CCn1c2c(c3ccccc31)CCCC2. The third kappa shape index (κ3) is 2.82. The van der Waals surface area contributed by atoms with Crippen LogP contribution in [0.15, 0.2) is 54.6 Å². The lowest BCUT2D eigenvalue weighted by Crippen LogP contribution is -2.07. The summed E-state index contributed by atoms with van der Waals surface area (Å²) in [5.41, 5.74) is 5.34. The molecule has 0 fully saturated rings. The number of rotatable bonds is 1. The van der Waals surface area contributed by atoms with Crippen LogP contribution in [-0.2, 0) is 19.4 Å². The smallest absolute Gasteiger partial charge is 0.0850 e. The monoisotopic (exact) mass is 309 g/mol. The van der Waals surface area contributed by atoms with Crippen LogP contribution >= 0.6 is 0 Å². The quantitative estimate of drug-likeness (QED) is 0.580. The lowest BCUT2D eigenvalue weighted by atomic mass is 9.96. The van der Waals surface area contributed by atoms with Crippen LogP contribution in [0.1, 0.15) is 29.7 Å². The molecule has 4 rings (SSSR count). The van der Waals surface area contributed by atoms with Crippen molar-refractivity contribution in [2.45, 2.75) is 32.2 Å². The number of aromatic nitrogens is 1. The van der Waals surface area contributed by atoms with Gasteiger partial charge in [0.05, 0.1) is 6.54 Å². The van der Waals surface area contributed by atoms with Gasteiger partial charge in [-0.3, -0.25) is 0 Å². The van der Waals surface area contributed by atoms with E-state index in [4.69, 9.17) is 0 Å². The Bertz CT molecular complexity index is 985. The second-order valence-electron chi connectivity index (χ2n) is 6.15. The van der Waals surface area contributed by atoms with Crippen molar-refractivity contribution in [3.63, 3.8) is 0 Å². The normalized spacial score (nSPS) is 12.7. The molecule has 0 saturated carbocycles. The van der Waals surface area contributed by atoms with Crippen LogP contribution < -0.4 is 0 Å². The Morgan fingerprint density at radius 2 is 1.62 bits per heavy atom. The van der Waals surface area contributed by atoms with E-state index in [0.29, 0.717) is 0 Å². The summed E-state index contributed by atoms with van der Waals surface area (Å²) in [6, 6.07) is 18.7. The molecule has 1 nitrogen and oxygen atoms in total. The largest absolute Gasteiger partial charge is 0.333 e. The van der Waals surface area contributed by atoms with Crippen molar-refractivity contribution >= 4 is 10.9 Å². The summed E-state index contributed by atoms with van der Waals surface area (Å²) >= 11 is 0. The number of aryl methyl sites for hydroxylation is 1. The van der Waals surface area contributed by atoms with Gasteiger partial charge in [0.15, 0.2) is 0 Å². The number of para-hydroxylation sites is 1. The molecule has 0 radical (unpaired) electrons. The highest BCUT2D eigenvalue weighted by molar-refractivity contribution is 5.86. The lowest BCUT2D eigenvalue weighted by molar-refractivity contribution is 0.644. The summed E-state index contributed by atoms with van der Waals surface area (Å²) in [5.74, 6) is 12.3. The Hall–Kier alpha value is -2.90. The molecule has 0 spiro atoms. The van der Waals surface area contributed by atoms with Crippen LogP contribution in [0.3, 0.4) is 0 Å². The topological polar surface area (TPSA) is 4.93 Å². The molecular formula is C23H19N. The Morgan fingerprint density at radius 1 is 0.833 bits per heavy atom. The molecule has 0 N–H and O–H groups in total. The maximum absolute atomic E-state index is 3.24. The molecule has 0 aliphatic heterocycles. The molecule has 2 aromatic carbocycles. The van der Waals surface area contributed by atoms with E-state index in [0.717, 1.165) is 12.1 Å². The summed E-state index contributed by atoms with van der Waals surface area (Å²) in [4.78, 5) is 0. The Morgan fingerprint density at radius 3 is 2.54 bits per heavy atom. The zero-order chi connectivity index (χ0) is 16.2. The van der Waals surface area contributed by atoms with Gasteiger partial charge in [-0.25, -0.2) is 0 Å². The van der Waals surface area contributed by atoms with Gasteiger partial charge in [0.25, 0.3) is 0 Å². The Kier molecular flexibility index (Phi) is 4.09. The van der Waals surface area contributed by atoms with Gasteiger partial charge in [0, 0.05) is 22.2 Å². The number of fused-ring (bicyclic) bond motifs is 3. The third-order valence-corrected chi connectivity index (χ3v) is 4.65. The number of benzene rings is 2. The van der Waals surface area contributed by atoms with Crippen LogP contribution in [0, 0.1) is 23.7 Å². The first-order chi connectivity index (χ1) is 11.9. The minimum Gasteiger partial charge on any atom is -0.333 e. The van der Waals surface area contributed by atoms with Gasteiger partial charge >= 0.3 is 0 Å². The van der Waals surface area contributed by atoms with Crippen molar-refractivity contribution in [1.82, 2.24) is 4.57 Å². The second kappa shape index (κ2) is 6.69. The molecule has 0 bridgehead atoms. The molecule has 1 aliphatic rings. The van der Waals surface area contributed by atoms with E-state index >= 15 is 0 Å². The first kappa shape index (κ1) is 14.7. The molecule has 0 unspecified atom stereocenters. The zero-order valence-electron chi connectivity index (χ0n) is 13.7. The van der Waals surface area contributed by atoms with Crippen molar-refractivity contribution in [3.05, 3.63) is 71.4 Å². The fraction of sp³-hybridized carbons (Fsp3) is 0.217. The highest BCUT2D eigenvalue weighted by Gasteiger charge is 2.18. The zero-order valence-corrected chi connectivity index (χ0v) is 13.7. The van der Waals surface area contributed by atoms with Gasteiger partial charge in [-0.2, -0.15) is 0 Å². The van der Waals surface area contributed by atoms with Crippen molar-refractivity contribution < 1.29 is 0 Å². The molecule has 116 valence electrons. The second-order valence-corrected chi connectivity index (χ2v) is 6.15. The summed E-state index contributed by atoms with van der Waals surface area (Å²) in [6.07, 6.45) is 4.95. The molecule has 0 saturated heterocycles. The van der Waals surface area contributed by atoms with E-state index in [1.165, 1.54) is 47.8 Å². The van der Waals surface area contributed by atoms with E-state index in [2.05, 4.69) is 52.5 Å². The minimum absolute atomic E-state index is 0.722. The van der Waals surface area contributed by atoms with E-state index in [1.807, 2.05) is 30.3 Å². The molecule has 1 aliphatic carbocycles. The van der Waals surface area contributed by atoms with Crippen molar-refractivity contribution in [3.8, 4) is 23.7 Å². The third-order valence-electron chi connectivity index (χ3n) is 4.65. The summed E-state index contributed by atoms with van der Waals surface area (Å²) in [6.45, 7) is 0.722. The van der Waals surface area contributed by atoms with Gasteiger partial charge in [-0.15, -0.1) is 0 Å². The van der Waals surface area contributed by atoms with Gasteiger partial charge in [0.1, 0.15) is 0 Å². The number of hydrogen-bond donors (Lipinski definition) is 0. The maximum atomic E-state index is 3.24. The fourth-order valence-electron chi connectivity index (χ4n) is 3.56. The van der Waals surface area contributed by atoms with Crippen molar-refractivity contribution in [2.75, 3.05) is 0 Å². The lowest BCUT2D eigenvalue weighted by Gasteiger charge is -2.14. The fourth-order valence-corrected chi connectivity index (χ4v) is 3.56. The molecule has 24 heavy (non-hydrogen) atoms. The predicted octanol–water partition coefficient (Wildman–Crippen LogP) is 4.58. The maximum Gasteiger partial charge on any atom is 0.0850 e. The summed E-state index contributed by atoms with van der Waals surface area (Å²) < 4.78 is 2.39. The standard InChI is InChI=1S/C23H19N/c1-3-11-19(12-4-1)13-5-2-10-18-24-22-16-8-6-14-20(22)21-15-7-9-17-23(21)24/h1,3-4,6,8,11-12,14,16H,7,9,15,17-18H2. The number of nitrogens with zero attached hydrogens (tertiary/aromatic N) is 1. The van der Waals surface area contributed by atoms with Gasteiger partial charge in [-0.1, -0.05) is 48.2 Å². The molecule has 0 atom stereocenters. The van der Waals surface area contributed by atoms with Crippen molar-refractivity contribution in [1.29, 1.82) is 0 Å². The molecule has 3 aromatic rings. The minimum atomic E-state index is 0.722. The van der Waals surface area contributed by atoms with Gasteiger partial charge < -0.3 is 4.57 Å². The average Bonchev–Trinajstić information content (AvgIpc) is 2.97. The molecular weight excluding hydrogens is 290 g/mol. The van der Waals surface area contributed by atoms with E-state index in [9.17, 15) is 0 Å². The first-order valence-electron chi connectivity index (χ1n) is 8.56. The summed E-state index contributed by atoms with van der Waals surface area (Å²) in [5, 5.41) is 1.41. The van der Waals surface area contributed by atoms with Crippen LogP contribution in [0.5, 0.6) is 0 Å². The van der Waals surface area contributed by atoms with E-state index in [-0.39, 0.29) is 0 Å². The Labute approximate surface area is 143 Å². The Balaban J connectivity index is 1.62. The van der Waals surface area contributed by atoms with Crippen LogP contribution in [-0.4, -0.2) is 4.57 Å². The number of hydrogen-bond acceptors (Lipinski definition) is 0. The van der Waals surface area contributed by atoms with Gasteiger partial charge in [-0.05, 0) is 61.3 Å². The van der Waals surface area contributed by atoms with Crippen LogP contribution in [0.25, 0.3) is 10.9 Å². The van der Waals surface area contributed by atoms with Crippen LogP contribution in [0.4, 0.5) is 0 Å². The average molecular weight is 309 g/mol. The van der Waals surface area contributed by atoms with Crippen molar-refractivity contribution in [2.24, 2.45) is 0 Å². The summed E-state index contributed by atoms with van der Waals surface area (Å²) in [7, 11) is 0. The predicted molar refractivity (Wildman–Crippen MR) is 99.7 cm³/mol.